The van der Waals surface area contributed by atoms with Crippen molar-refractivity contribution in [3.63, 3.8) is 0 Å². The van der Waals surface area contributed by atoms with Crippen LogP contribution in [0.5, 0.6) is 0 Å². The van der Waals surface area contributed by atoms with Crippen LogP contribution >= 0.6 is 72.2 Å². The first-order chi connectivity index (χ1) is 27.0. The maximum absolute atomic E-state index is 18.0. The third-order valence-electron chi connectivity index (χ3n) is 14.7. The third-order valence-corrected chi connectivity index (χ3v) is 48.3. The molecule has 0 aromatic carbocycles. The van der Waals surface area contributed by atoms with Crippen molar-refractivity contribution in [1.29, 1.82) is 0 Å². The Bertz CT molecular complexity index is 1150. The van der Waals surface area contributed by atoms with Gasteiger partial charge in [0.15, 0.2) is 0 Å². The Morgan fingerprint density at radius 3 is 0.482 bits per heavy atom. The van der Waals surface area contributed by atoms with Crippen LogP contribution in [-0.4, -0.2) is 160 Å². The summed E-state index contributed by atoms with van der Waals surface area (Å²) in [6.45, 7) is 16.5. The molecule has 0 N–H and O–H groups in total. The fraction of sp³-hybridized carbons (Fsp3) is 1.00. The predicted molar refractivity (Wildman–Crippen MR) is 246 cm³/mol. The van der Waals surface area contributed by atoms with E-state index < -0.39 is 25.8 Å². The molecule has 9 heterocycles. The molecule has 9 aliphatic rings. The van der Waals surface area contributed by atoms with E-state index in [1.807, 2.05) is 0 Å². The molecule has 0 bridgehead atoms. The van der Waals surface area contributed by atoms with Gasteiger partial charge in [-0.25, -0.2) is 0 Å². The Labute approximate surface area is 362 Å². The molecule has 0 aromatic rings. The van der Waals surface area contributed by atoms with Gasteiger partial charge in [0.2, 0.25) is 0 Å². The van der Waals surface area contributed by atoms with Gasteiger partial charge in [-0.1, -0.05) is 0 Å². The predicted octanol–water partition coefficient (Wildman–Crippen LogP) is 10.6. The first kappa shape index (κ1) is 43.7. The van der Waals surface area contributed by atoms with Crippen LogP contribution in [0.2, 0.25) is 0 Å². The van der Waals surface area contributed by atoms with E-state index in [1.165, 1.54) is 0 Å². The topological polar surface area (TPSA) is 73.9 Å². The molecule has 9 aliphatic heterocycles. The minimum atomic E-state index is -4.59. The SMILES string of the molecule is O=P(OP(Br)(N1CCCC1)(N1CCCC1)N1CCCC1)(OP(Br)(N1CCCC1)(N1CCCC1)N1CCCC1)OP(Br)(N1CCCC1)(N1CCCC1)N1CCCC1. The van der Waals surface area contributed by atoms with E-state index in [-0.39, 0.29) is 0 Å². The van der Waals surface area contributed by atoms with E-state index in [2.05, 4.69) is 42.0 Å². The molecule has 0 aliphatic carbocycles. The van der Waals surface area contributed by atoms with Crippen LogP contribution in [0.15, 0.2) is 0 Å². The number of rotatable bonds is 15. The monoisotopic (exact) mass is 1060 g/mol. The Balaban J connectivity index is 1.30. The molecule has 0 spiro atoms. The Morgan fingerprint density at radius 1 is 0.268 bits per heavy atom. The summed E-state index contributed by atoms with van der Waals surface area (Å²) in [6.07, 6.45) is 20.0. The molecular weight excluding hydrogens is 986 g/mol. The minimum absolute atomic E-state index is 0.917. The van der Waals surface area contributed by atoms with Crippen LogP contribution in [0.25, 0.3) is 0 Å². The van der Waals surface area contributed by atoms with Gasteiger partial charge >= 0.3 is 365 Å². The average Bonchev–Trinajstić information content (AvgIpc) is 4.08. The van der Waals surface area contributed by atoms with Crippen molar-refractivity contribution < 1.29 is 17.5 Å². The summed E-state index contributed by atoms with van der Waals surface area (Å²) in [4.78, 5) is 0. The molecule has 56 heavy (non-hydrogen) atoms. The molecule has 9 rings (SSSR count). The summed E-state index contributed by atoms with van der Waals surface area (Å²) < 4.78 is 66.3. The van der Waals surface area contributed by atoms with Crippen LogP contribution in [0, 0.1) is 0 Å². The van der Waals surface area contributed by atoms with Crippen molar-refractivity contribution in [3.05, 3.63) is 0 Å². The zero-order valence-corrected chi connectivity index (χ0v) is 42.4. The fourth-order valence-electron chi connectivity index (χ4n) is 12.0. The molecule has 13 nitrogen and oxygen atoms in total. The molecule has 0 atom stereocenters. The Kier molecular flexibility index (Phi) is 13.1. The van der Waals surface area contributed by atoms with E-state index in [9.17, 15) is 0 Å². The van der Waals surface area contributed by atoms with E-state index >= 15 is 4.57 Å². The molecule has 9 saturated heterocycles. The zero-order chi connectivity index (χ0) is 38.6. The summed E-state index contributed by atoms with van der Waals surface area (Å²) in [7, 11) is -4.59. The standard InChI is InChI=1S/C36H72Br3N9O4P4/c37-54(40-19-1-2-20-40,41-21-3-4-22-41,42-23-5-6-24-42)50-53(49,51-55(38,43-25-7-8-26-43,44-27-9-10-28-44)45-29-11-12-30-45)52-56(39,46-31-13-14-32-46,47-33-15-16-34-47)48-35-17-18-36-48/h1-36H2. The third kappa shape index (κ3) is 6.92. The second-order valence-corrected chi connectivity index (χ2v) is 42.0. The zero-order valence-electron chi connectivity index (χ0n) is 34.0. The van der Waals surface area contributed by atoms with Crippen LogP contribution in [0.3, 0.4) is 0 Å². The molecule has 0 amide bonds. The second kappa shape index (κ2) is 16.8. The quantitative estimate of drug-likeness (QED) is 0.146. The van der Waals surface area contributed by atoms with Crippen molar-refractivity contribution in [2.45, 2.75) is 116 Å². The average molecular weight is 1060 g/mol. The normalized spacial score (nSPS) is 32.0. The molecule has 326 valence electrons. The Morgan fingerprint density at radius 2 is 0.375 bits per heavy atom. The second-order valence-electron chi connectivity index (χ2n) is 18.1. The van der Waals surface area contributed by atoms with Crippen molar-refractivity contribution in [2.75, 3.05) is 118 Å². The van der Waals surface area contributed by atoms with Crippen LogP contribution in [0.4, 0.5) is 0 Å². The van der Waals surface area contributed by atoms with E-state index in [0.29, 0.717) is 0 Å². The maximum atomic E-state index is 18.0. The van der Waals surface area contributed by atoms with Gasteiger partial charge in [-0.05, 0) is 0 Å². The van der Waals surface area contributed by atoms with Gasteiger partial charge in [-0.3, -0.25) is 0 Å². The number of phosphoric acid groups is 1. The molecule has 0 saturated carbocycles. The molecule has 20 heteroatoms. The van der Waals surface area contributed by atoms with Gasteiger partial charge in [0.1, 0.15) is 0 Å². The molecule has 0 unspecified atom stereocenters. The Hall–Kier alpha value is 2.48. The van der Waals surface area contributed by atoms with Gasteiger partial charge in [-0.2, -0.15) is 0 Å². The first-order valence-electron chi connectivity index (χ1n) is 22.8. The van der Waals surface area contributed by atoms with Gasteiger partial charge in [-0.15, -0.1) is 0 Å². The molecular formula is C36H72Br3N9O4P4. The van der Waals surface area contributed by atoms with Gasteiger partial charge < -0.3 is 0 Å². The van der Waals surface area contributed by atoms with Crippen molar-refractivity contribution >= 4 is 72.2 Å². The first-order valence-corrected chi connectivity index (χ1v) is 36.3. The summed E-state index contributed by atoms with van der Waals surface area (Å²) in [5.41, 5.74) is 0. The fourth-order valence-corrected chi connectivity index (χ4v) is 45.6. The summed E-state index contributed by atoms with van der Waals surface area (Å²) in [5.74, 6) is -12.0. The van der Waals surface area contributed by atoms with Gasteiger partial charge in [0.05, 0.1) is 0 Å². The van der Waals surface area contributed by atoms with Crippen molar-refractivity contribution in [2.24, 2.45) is 0 Å². The summed E-state index contributed by atoms with van der Waals surface area (Å²) in [6, 6.07) is 0. The van der Waals surface area contributed by atoms with Crippen LogP contribution in [-0.2, 0) is 17.5 Å². The van der Waals surface area contributed by atoms with Crippen LogP contribution < -0.4 is 0 Å². The molecule has 9 fully saturated rings. The van der Waals surface area contributed by atoms with Crippen molar-refractivity contribution in [1.82, 2.24) is 42.0 Å². The number of nitrogens with zero attached hydrogens (tertiary/aromatic N) is 9. The summed E-state index contributed by atoms with van der Waals surface area (Å²) >= 11 is 14.2. The summed E-state index contributed by atoms with van der Waals surface area (Å²) in [5, 5.41) is 0. The number of halogens is 3. The number of hydrogen-bond donors (Lipinski definition) is 0. The van der Waals surface area contributed by atoms with E-state index in [4.69, 9.17) is 59.4 Å². The van der Waals surface area contributed by atoms with E-state index in [0.717, 1.165) is 233 Å². The van der Waals surface area contributed by atoms with Gasteiger partial charge in [0, 0.05) is 0 Å². The molecule has 0 radical (unpaired) electrons. The number of hydrogen-bond acceptors (Lipinski definition) is 13. The van der Waals surface area contributed by atoms with Crippen LogP contribution in [0.1, 0.15) is 116 Å². The molecule has 0 aromatic heterocycles. The van der Waals surface area contributed by atoms with E-state index in [1.54, 1.807) is 0 Å². The van der Waals surface area contributed by atoms with Crippen molar-refractivity contribution in [3.8, 4) is 0 Å². The van der Waals surface area contributed by atoms with Gasteiger partial charge in [0.25, 0.3) is 0 Å².